The number of methoxy groups -OCH3 is 1. The van der Waals surface area contributed by atoms with Crippen molar-refractivity contribution in [2.45, 2.75) is 44.2 Å². The fourth-order valence-corrected chi connectivity index (χ4v) is 6.12. The lowest BCUT2D eigenvalue weighted by molar-refractivity contribution is 0.0766. The molecule has 3 aromatic carbocycles. The highest BCUT2D eigenvalue weighted by atomic mass is 16.7. The Hall–Kier alpha value is -4.77. The van der Waals surface area contributed by atoms with Crippen LogP contribution in [0.25, 0.3) is 0 Å². The van der Waals surface area contributed by atoms with Crippen molar-refractivity contribution in [3.63, 3.8) is 0 Å². The Morgan fingerprint density at radius 3 is 2.42 bits per heavy atom. The number of rotatable bonds is 7. The van der Waals surface area contributed by atoms with Crippen LogP contribution >= 0.6 is 0 Å². The van der Waals surface area contributed by atoms with Crippen LogP contribution in [0.5, 0.6) is 17.2 Å². The van der Waals surface area contributed by atoms with Crippen LogP contribution in [0, 0.1) is 0 Å². The molecule has 0 radical (unpaired) electrons. The number of amides is 3. The molecule has 45 heavy (non-hydrogen) atoms. The molecule has 0 atom stereocenters. The van der Waals surface area contributed by atoms with Gasteiger partial charge < -0.3 is 40.4 Å². The minimum atomic E-state index is -0.335. The molecule has 2 heterocycles. The van der Waals surface area contributed by atoms with E-state index in [1.165, 1.54) is 0 Å². The van der Waals surface area contributed by atoms with Crippen molar-refractivity contribution >= 4 is 29.1 Å². The lowest BCUT2D eigenvalue weighted by atomic mass is 9.91. The third kappa shape index (κ3) is 6.99. The van der Waals surface area contributed by atoms with Gasteiger partial charge in [0.15, 0.2) is 11.5 Å². The van der Waals surface area contributed by atoms with Gasteiger partial charge in [-0.15, -0.1) is 0 Å². The van der Waals surface area contributed by atoms with E-state index in [1.807, 2.05) is 23.1 Å². The Morgan fingerprint density at radius 1 is 0.822 bits per heavy atom. The molecule has 3 aromatic rings. The number of ether oxygens (including phenoxy) is 3. The van der Waals surface area contributed by atoms with Crippen molar-refractivity contribution in [1.82, 2.24) is 10.2 Å². The average molecular weight is 614 g/mol. The number of hydrogen-bond donors (Lipinski definition) is 3. The molecule has 0 unspecified atom stereocenters. The number of benzene rings is 3. The van der Waals surface area contributed by atoms with Gasteiger partial charge in [0, 0.05) is 55.0 Å². The summed E-state index contributed by atoms with van der Waals surface area (Å²) in [5.41, 5.74) is 8.79. The number of hydrogen-bond acceptors (Lipinski definition) is 8. The van der Waals surface area contributed by atoms with E-state index in [0.29, 0.717) is 65.8 Å². The molecule has 1 aliphatic carbocycles. The largest absolute Gasteiger partial charge is 0.497 e. The topological polar surface area (TPSA) is 135 Å². The van der Waals surface area contributed by atoms with Crippen LogP contribution in [0.3, 0.4) is 0 Å². The first-order valence-electron chi connectivity index (χ1n) is 15.5. The lowest BCUT2D eigenvalue weighted by Gasteiger charge is -2.28. The molecule has 1 saturated carbocycles. The fraction of sp³-hybridized carbons (Fsp3) is 0.382. The van der Waals surface area contributed by atoms with Gasteiger partial charge in [0.25, 0.3) is 17.7 Å². The summed E-state index contributed by atoms with van der Waals surface area (Å²) in [6.45, 7) is 2.43. The third-order valence-corrected chi connectivity index (χ3v) is 8.69. The zero-order valence-electron chi connectivity index (χ0n) is 25.4. The Kier molecular flexibility index (Phi) is 9.06. The molecule has 2 aliphatic heterocycles. The Balaban J connectivity index is 1.22. The van der Waals surface area contributed by atoms with Crippen molar-refractivity contribution in [3.8, 4) is 17.2 Å². The summed E-state index contributed by atoms with van der Waals surface area (Å²) >= 11 is 0. The highest BCUT2D eigenvalue weighted by Crippen LogP contribution is 2.34. The van der Waals surface area contributed by atoms with Crippen LogP contribution in [0.15, 0.2) is 60.7 Å². The standard InChI is InChI=1S/C34H39N5O6/c1-43-27-5-2-4-24(18-27)34(42)39-15-3-14-38(16-17-39)29-12-6-22(32(40)36-26-10-8-25(35)9-11-26)19-28(29)37-33(41)23-7-13-30-31(20-23)45-21-44-30/h2,4-7,12-13,18-20,25-26H,3,8-11,14-17,21,35H2,1H3,(H,36,40)(H,37,41). The molecule has 2 fully saturated rings. The molecule has 4 N–H and O–H groups in total. The molecule has 3 aliphatic rings. The van der Waals surface area contributed by atoms with Crippen LogP contribution in [-0.4, -0.2) is 74.8 Å². The van der Waals surface area contributed by atoms with E-state index >= 15 is 0 Å². The monoisotopic (exact) mass is 613 g/mol. The second kappa shape index (κ2) is 13.5. The van der Waals surface area contributed by atoms with Gasteiger partial charge in [-0.05, 0) is 86.7 Å². The van der Waals surface area contributed by atoms with Crippen LogP contribution in [0.4, 0.5) is 11.4 Å². The van der Waals surface area contributed by atoms with Crippen molar-refractivity contribution in [3.05, 3.63) is 77.4 Å². The molecule has 6 rings (SSSR count). The molecule has 3 amide bonds. The predicted molar refractivity (Wildman–Crippen MR) is 170 cm³/mol. The van der Waals surface area contributed by atoms with Crippen molar-refractivity contribution in [2.75, 3.05) is 50.3 Å². The first-order chi connectivity index (χ1) is 21.9. The third-order valence-electron chi connectivity index (χ3n) is 8.69. The average Bonchev–Trinajstić information content (AvgIpc) is 3.41. The van der Waals surface area contributed by atoms with E-state index in [-0.39, 0.29) is 36.6 Å². The first kappa shape index (κ1) is 30.3. The minimum Gasteiger partial charge on any atom is -0.497 e. The summed E-state index contributed by atoms with van der Waals surface area (Å²) in [7, 11) is 1.58. The van der Waals surface area contributed by atoms with Crippen LogP contribution in [0.1, 0.15) is 63.2 Å². The summed E-state index contributed by atoms with van der Waals surface area (Å²) < 4.78 is 16.2. The molecule has 0 aromatic heterocycles. The summed E-state index contributed by atoms with van der Waals surface area (Å²) in [5, 5.41) is 6.19. The van der Waals surface area contributed by atoms with Gasteiger partial charge in [-0.25, -0.2) is 0 Å². The number of fused-ring (bicyclic) bond motifs is 1. The van der Waals surface area contributed by atoms with E-state index in [1.54, 1.807) is 49.6 Å². The van der Waals surface area contributed by atoms with Crippen LogP contribution in [-0.2, 0) is 0 Å². The normalized spacial score (nSPS) is 19.4. The Bertz CT molecular complexity index is 1570. The summed E-state index contributed by atoms with van der Waals surface area (Å²) in [6.07, 6.45) is 4.19. The zero-order valence-corrected chi connectivity index (χ0v) is 25.4. The number of nitrogens with two attached hydrogens (primary N) is 1. The Labute approximate surface area is 262 Å². The molecule has 11 nitrogen and oxygen atoms in total. The van der Waals surface area contributed by atoms with Crippen LogP contribution in [0.2, 0.25) is 0 Å². The molecule has 11 heteroatoms. The molecule has 0 spiro atoms. The quantitative estimate of drug-likeness (QED) is 0.364. The van der Waals surface area contributed by atoms with E-state index in [0.717, 1.165) is 37.8 Å². The van der Waals surface area contributed by atoms with Crippen molar-refractivity contribution in [1.29, 1.82) is 0 Å². The van der Waals surface area contributed by atoms with E-state index in [4.69, 9.17) is 19.9 Å². The molecule has 1 saturated heterocycles. The van der Waals surface area contributed by atoms with Crippen molar-refractivity contribution in [2.24, 2.45) is 5.73 Å². The van der Waals surface area contributed by atoms with Gasteiger partial charge in [-0.1, -0.05) is 6.07 Å². The molecular weight excluding hydrogens is 574 g/mol. The smallest absolute Gasteiger partial charge is 0.255 e. The zero-order chi connectivity index (χ0) is 31.3. The van der Waals surface area contributed by atoms with Gasteiger partial charge in [0.2, 0.25) is 6.79 Å². The molecule has 0 bridgehead atoms. The predicted octanol–water partition coefficient (Wildman–Crippen LogP) is 4.03. The molecule has 236 valence electrons. The molecular formula is C34H39N5O6. The van der Waals surface area contributed by atoms with Crippen molar-refractivity contribution < 1.29 is 28.6 Å². The highest BCUT2D eigenvalue weighted by molar-refractivity contribution is 6.07. The maximum atomic E-state index is 13.5. The number of carbonyl (C=O) groups excluding carboxylic acids is 3. The number of nitrogens with one attached hydrogen (secondary N) is 2. The minimum absolute atomic E-state index is 0.0530. The maximum Gasteiger partial charge on any atom is 0.255 e. The SMILES string of the molecule is COc1cccc(C(=O)N2CCCN(c3ccc(C(=O)NC4CCC(N)CC4)cc3NC(=O)c3ccc4c(c3)OCO4)CC2)c1. The first-order valence-corrected chi connectivity index (χ1v) is 15.5. The second-order valence-corrected chi connectivity index (χ2v) is 11.7. The van der Waals surface area contributed by atoms with Gasteiger partial charge in [0.05, 0.1) is 18.5 Å². The maximum absolute atomic E-state index is 13.5. The Morgan fingerprint density at radius 2 is 1.60 bits per heavy atom. The van der Waals surface area contributed by atoms with E-state index in [2.05, 4.69) is 15.5 Å². The number of nitrogens with zero attached hydrogens (tertiary/aromatic N) is 2. The number of anilines is 2. The van der Waals surface area contributed by atoms with E-state index in [9.17, 15) is 14.4 Å². The van der Waals surface area contributed by atoms with Gasteiger partial charge in [-0.2, -0.15) is 0 Å². The van der Waals surface area contributed by atoms with E-state index < -0.39 is 0 Å². The summed E-state index contributed by atoms with van der Waals surface area (Å²) in [5.74, 6) is 1.16. The van der Waals surface area contributed by atoms with Gasteiger partial charge in [-0.3, -0.25) is 14.4 Å². The highest BCUT2D eigenvalue weighted by Gasteiger charge is 2.25. The van der Waals surface area contributed by atoms with Crippen LogP contribution < -0.4 is 35.5 Å². The summed E-state index contributed by atoms with van der Waals surface area (Å²) in [6, 6.07) is 17.9. The van der Waals surface area contributed by atoms with Gasteiger partial charge in [0.1, 0.15) is 5.75 Å². The fourth-order valence-electron chi connectivity index (χ4n) is 6.12. The van der Waals surface area contributed by atoms with Gasteiger partial charge >= 0.3 is 0 Å². The lowest BCUT2D eigenvalue weighted by Crippen LogP contribution is -2.40. The number of carbonyl (C=O) groups is 3. The second-order valence-electron chi connectivity index (χ2n) is 11.7. The summed E-state index contributed by atoms with van der Waals surface area (Å²) in [4.78, 5) is 44.1.